The number of halogens is 1. The number of nitrogens with two attached hydrogens (primary N) is 1. The zero-order valence-corrected chi connectivity index (χ0v) is 19.3. The minimum Gasteiger partial charge on any atom is -0.492 e. The number of hydrogen-bond acceptors (Lipinski definition) is 7. The predicted octanol–water partition coefficient (Wildman–Crippen LogP) is 2.91. The molecule has 2 amide bonds. The van der Waals surface area contributed by atoms with E-state index >= 15 is 0 Å². The van der Waals surface area contributed by atoms with Crippen molar-refractivity contribution in [3.05, 3.63) is 32.8 Å². The monoisotopic (exact) mass is 468 g/mol. The van der Waals surface area contributed by atoms with Crippen molar-refractivity contribution in [3.63, 3.8) is 0 Å². The summed E-state index contributed by atoms with van der Waals surface area (Å²) in [7, 11) is 0. The summed E-state index contributed by atoms with van der Waals surface area (Å²) >= 11 is 6.06. The Kier molecular flexibility index (Phi) is 7.14. The van der Waals surface area contributed by atoms with Crippen LogP contribution < -0.4 is 10.5 Å². The van der Waals surface area contributed by atoms with E-state index in [1.807, 2.05) is 20.8 Å². The lowest BCUT2D eigenvalue weighted by atomic mass is 10.0. The van der Waals surface area contributed by atoms with Gasteiger partial charge in [0, 0.05) is 44.4 Å². The Morgan fingerprint density at radius 2 is 1.84 bits per heavy atom. The van der Waals surface area contributed by atoms with Gasteiger partial charge in [-0.05, 0) is 45.1 Å². The molecule has 32 heavy (non-hydrogen) atoms. The molecule has 0 unspecified atom stereocenters. The molecule has 1 aromatic carbocycles. The van der Waals surface area contributed by atoms with Gasteiger partial charge < -0.3 is 25.0 Å². The van der Waals surface area contributed by atoms with E-state index in [-0.39, 0.29) is 29.0 Å². The highest BCUT2D eigenvalue weighted by molar-refractivity contribution is 6.34. The smallest absolute Gasteiger partial charge is 0.410 e. The third-order valence-electron chi connectivity index (χ3n) is 5.59. The zero-order chi connectivity index (χ0) is 23.6. The third kappa shape index (κ3) is 5.80. The van der Waals surface area contributed by atoms with E-state index in [4.69, 9.17) is 26.8 Å². The normalized spacial score (nSPS) is 20.8. The van der Waals surface area contributed by atoms with E-state index < -0.39 is 22.1 Å². The number of hydrogen-bond donors (Lipinski definition) is 1. The standard InChI is InChI=1S/C21H29ClN4O6/c1-21(2,3)32-20(28)25-11-14-9-24(10-15(14)12-25)5-4-6-31-17-8-13(19(23)27)7-16(18(17)22)26(29)30/h7-8,14-15H,4-6,9-12H2,1-3H3,(H2,23,27)/t14-,15+. The van der Waals surface area contributed by atoms with Crippen molar-refractivity contribution in [2.24, 2.45) is 17.6 Å². The number of rotatable bonds is 7. The second-order valence-electron chi connectivity index (χ2n) is 9.30. The summed E-state index contributed by atoms with van der Waals surface area (Å²) in [6, 6.07) is 2.37. The molecule has 2 N–H and O–H groups in total. The van der Waals surface area contributed by atoms with Crippen LogP contribution in [0.2, 0.25) is 5.02 Å². The van der Waals surface area contributed by atoms with E-state index in [1.54, 1.807) is 4.90 Å². The van der Waals surface area contributed by atoms with Crippen molar-refractivity contribution in [1.29, 1.82) is 0 Å². The van der Waals surface area contributed by atoms with Crippen LogP contribution in [0.3, 0.4) is 0 Å². The number of nitro groups is 1. The number of nitrogens with zero attached hydrogens (tertiary/aromatic N) is 3. The first-order valence-corrected chi connectivity index (χ1v) is 10.9. The zero-order valence-electron chi connectivity index (χ0n) is 18.5. The molecule has 10 nitrogen and oxygen atoms in total. The molecule has 3 rings (SSSR count). The minimum atomic E-state index is -0.793. The van der Waals surface area contributed by atoms with Gasteiger partial charge in [-0.2, -0.15) is 0 Å². The molecule has 2 saturated heterocycles. The lowest BCUT2D eigenvalue weighted by molar-refractivity contribution is -0.384. The van der Waals surface area contributed by atoms with Crippen molar-refractivity contribution in [2.45, 2.75) is 32.8 Å². The first kappa shape index (κ1) is 24.1. The van der Waals surface area contributed by atoms with Crippen LogP contribution in [-0.2, 0) is 4.74 Å². The molecule has 2 atom stereocenters. The van der Waals surface area contributed by atoms with Crippen LogP contribution in [0.1, 0.15) is 37.6 Å². The highest BCUT2D eigenvalue weighted by atomic mass is 35.5. The van der Waals surface area contributed by atoms with Crippen LogP contribution in [0.4, 0.5) is 10.5 Å². The van der Waals surface area contributed by atoms with Gasteiger partial charge in [0.25, 0.3) is 5.69 Å². The van der Waals surface area contributed by atoms with Crippen LogP contribution in [0.15, 0.2) is 12.1 Å². The van der Waals surface area contributed by atoms with Gasteiger partial charge in [0.15, 0.2) is 5.02 Å². The Hall–Kier alpha value is -2.59. The fraction of sp³-hybridized carbons (Fsp3) is 0.619. The molecule has 11 heteroatoms. The van der Waals surface area contributed by atoms with Gasteiger partial charge in [-0.25, -0.2) is 4.79 Å². The Labute approximate surface area is 191 Å². The molecular weight excluding hydrogens is 440 g/mol. The van der Waals surface area contributed by atoms with E-state index in [2.05, 4.69) is 4.90 Å². The molecule has 2 heterocycles. The molecule has 1 aromatic rings. The summed E-state index contributed by atoms with van der Waals surface area (Å²) < 4.78 is 11.1. The second-order valence-corrected chi connectivity index (χ2v) is 9.67. The Balaban J connectivity index is 1.46. The lowest BCUT2D eigenvalue weighted by Crippen LogP contribution is -2.37. The van der Waals surface area contributed by atoms with Crippen LogP contribution in [0.5, 0.6) is 5.75 Å². The molecule has 0 radical (unpaired) electrons. The lowest BCUT2D eigenvalue weighted by Gasteiger charge is -2.26. The summed E-state index contributed by atoms with van der Waals surface area (Å²) in [5.74, 6) is 0.125. The molecule has 0 spiro atoms. The fourth-order valence-corrected chi connectivity index (χ4v) is 4.41. The van der Waals surface area contributed by atoms with Crippen LogP contribution in [0, 0.1) is 22.0 Å². The predicted molar refractivity (Wildman–Crippen MR) is 118 cm³/mol. The third-order valence-corrected chi connectivity index (χ3v) is 5.97. The number of carbonyl (C=O) groups is 2. The van der Waals surface area contributed by atoms with E-state index in [9.17, 15) is 19.7 Å². The molecule has 176 valence electrons. The van der Waals surface area contributed by atoms with Gasteiger partial charge in [0.1, 0.15) is 11.4 Å². The average Bonchev–Trinajstić information content (AvgIpc) is 3.23. The Morgan fingerprint density at radius 1 is 1.22 bits per heavy atom. The maximum atomic E-state index is 12.3. The number of likely N-dealkylation sites (tertiary alicyclic amines) is 2. The first-order chi connectivity index (χ1) is 14.9. The summed E-state index contributed by atoms with van der Waals surface area (Å²) in [6.45, 7) is 9.85. The molecule has 0 saturated carbocycles. The molecule has 0 bridgehead atoms. The maximum absolute atomic E-state index is 12.3. The van der Waals surface area contributed by atoms with Crippen molar-refractivity contribution in [1.82, 2.24) is 9.80 Å². The number of fused-ring (bicyclic) bond motifs is 1. The van der Waals surface area contributed by atoms with E-state index in [0.29, 0.717) is 31.3 Å². The van der Waals surface area contributed by atoms with Crippen molar-refractivity contribution < 1.29 is 24.0 Å². The molecule has 0 aliphatic carbocycles. The fourth-order valence-electron chi connectivity index (χ4n) is 4.18. The van der Waals surface area contributed by atoms with Crippen molar-refractivity contribution in [3.8, 4) is 5.75 Å². The highest BCUT2D eigenvalue weighted by Gasteiger charge is 2.42. The largest absolute Gasteiger partial charge is 0.492 e. The van der Waals surface area contributed by atoms with Gasteiger partial charge in [-0.1, -0.05) is 11.6 Å². The van der Waals surface area contributed by atoms with Crippen LogP contribution >= 0.6 is 11.6 Å². The summed E-state index contributed by atoms with van der Waals surface area (Å²) in [5.41, 5.74) is 4.30. The minimum absolute atomic E-state index is 0.0296. The number of carbonyl (C=O) groups excluding carboxylic acids is 2. The molecule has 2 aliphatic heterocycles. The molecule has 0 aromatic heterocycles. The number of primary amides is 1. The van der Waals surface area contributed by atoms with E-state index in [1.165, 1.54) is 6.07 Å². The molecular formula is C21H29ClN4O6. The number of amides is 2. The van der Waals surface area contributed by atoms with Gasteiger partial charge in [0.2, 0.25) is 5.91 Å². The number of benzene rings is 1. The van der Waals surface area contributed by atoms with Crippen molar-refractivity contribution >= 4 is 29.3 Å². The average molecular weight is 469 g/mol. The highest BCUT2D eigenvalue weighted by Crippen LogP contribution is 2.35. The Morgan fingerprint density at radius 3 is 2.38 bits per heavy atom. The van der Waals surface area contributed by atoms with Crippen LogP contribution in [0.25, 0.3) is 0 Å². The van der Waals surface area contributed by atoms with Gasteiger partial charge in [0.05, 0.1) is 11.5 Å². The summed E-state index contributed by atoms with van der Waals surface area (Å²) in [4.78, 5) is 38.3. The summed E-state index contributed by atoms with van der Waals surface area (Å²) in [6.07, 6.45) is 0.427. The quantitative estimate of drug-likeness (QED) is 0.370. The SMILES string of the molecule is CC(C)(C)OC(=O)N1C[C@H]2CN(CCCOc3cc(C(N)=O)cc([N+](=O)[O-])c3Cl)C[C@H]2C1. The number of ether oxygens (including phenoxy) is 2. The maximum Gasteiger partial charge on any atom is 0.410 e. The summed E-state index contributed by atoms with van der Waals surface area (Å²) in [5, 5.41) is 11.0. The van der Waals surface area contributed by atoms with Gasteiger partial charge >= 0.3 is 6.09 Å². The van der Waals surface area contributed by atoms with E-state index in [0.717, 1.165) is 25.7 Å². The van der Waals surface area contributed by atoms with Gasteiger partial charge in [-0.3, -0.25) is 14.9 Å². The Bertz CT molecular complexity index is 889. The van der Waals surface area contributed by atoms with Gasteiger partial charge in [-0.15, -0.1) is 0 Å². The topological polar surface area (TPSA) is 128 Å². The molecule has 2 fully saturated rings. The van der Waals surface area contributed by atoms with Crippen molar-refractivity contribution in [2.75, 3.05) is 39.3 Å². The second kappa shape index (κ2) is 9.50. The number of nitro benzene ring substituents is 1. The molecule has 2 aliphatic rings. The first-order valence-electron chi connectivity index (χ1n) is 10.6. The van der Waals surface area contributed by atoms with Crippen LogP contribution in [-0.4, -0.2) is 71.7 Å².